The van der Waals surface area contributed by atoms with Gasteiger partial charge in [0.25, 0.3) is 5.91 Å². The molecule has 3 amide bonds. The number of ether oxygens (including phenoxy) is 1. The minimum Gasteiger partial charge on any atom is -0.487 e. The number of amides is 3. The zero-order valence-corrected chi connectivity index (χ0v) is 18.4. The van der Waals surface area contributed by atoms with Gasteiger partial charge in [0, 0.05) is 44.2 Å². The summed E-state index contributed by atoms with van der Waals surface area (Å²) in [6.07, 6.45) is 1.29. The molecule has 0 saturated carbocycles. The van der Waals surface area contributed by atoms with Crippen LogP contribution in [0.1, 0.15) is 40.7 Å². The lowest BCUT2D eigenvalue weighted by Gasteiger charge is -2.37. The zero-order valence-electron chi connectivity index (χ0n) is 18.4. The van der Waals surface area contributed by atoms with Gasteiger partial charge in [-0.25, -0.2) is 0 Å². The molecule has 0 spiro atoms. The molecule has 2 saturated heterocycles. The first-order valence-corrected chi connectivity index (χ1v) is 11.4. The van der Waals surface area contributed by atoms with Gasteiger partial charge in [-0.2, -0.15) is 0 Å². The van der Waals surface area contributed by atoms with Gasteiger partial charge in [0.05, 0.1) is 0 Å². The van der Waals surface area contributed by atoms with Gasteiger partial charge in [-0.3, -0.25) is 24.6 Å². The average Bonchev–Trinajstić information content (AvgIpc) is 3.12. The van der Waals surface area contributed by atoms with Gasteiger partial charge in [-0.1, -0.05) is 30.3 Å². The van der Waals surface area contributed by atoms with Crippen LogP contribution in [-0.2, 0) is 22.7 Å². The normalized spacial score (nSPS) is 25.7. The van der Waals surface area contributed by atoms with Gasteiger partial charge in [-0.15, -0.1) is 0 Å². The number of carbonyl (C=O) groups is 3. The fourth-order valence-corrected chi connectivity index (χ4v) is 4.91. The maximum absolute atomic E-state index is 12.9. The molecule has 3 aliphatic rings. The third-order valence-corrected chi connectivity index (χ3v) is 6.73. The van der Waals surface area contributed by atoms with Crippen LogP contribution in [0, 0.1) is 0 Å². The zero-order chi connectivity index (χ0) is 22.9. The molecule has 2 aromatic rings. The number of rotatable bonds is 5. The van der Waals surface area contributed by atoms with E-state index in [9.17, 15) is 14.4 Å². The van der Waals surface area contributed by atoms with Gasteiger partial charge in [0.1, 0.15) is 17.9 Å². The molecule has 33 heavy (non-hydrogen) atoms. The summed E-state index contributed by atoms with van der Waals surface area (Å²) >= 11 is 0. The molecule has 0 aromatic heterocycles. The van der Waals surface area contributed by atoms with Gasteiger partial charge >= 0.3 is 0 Å². The number of hydrogen-bond donors (Lipinski definition) is 2. The van der Waals surface area contributed by atoms with Crippen molar-refractivity contribution in [3.05, 3.63) is 65.2 Å². The van der Waals surface area contributed by atoms with Crippen molar-refractivity contribution in [3.63, 3.8) is 0 Å². The van der Waals surface area contributed by atoms with E-state index in [-0.39, 0.29) is 30.4 Å². The maximum Gasteiger partial charge on any atom is 0.255 e. The second-order valence-electron chi connectivity index (χ2n) is 9.05. The van der Waals surface area contributed by atoms with Crippen LogP contribution in [0.3, 0.4) is 0 Å². The van der Waals surface area contributed by atoms with Crippen molar-refractivity contribution in [1.29, 1.82) is 0 Å². The number of nitrogens with one attached hydrogen (secondary N) is 1. The summed E-state index contributed by atoms with van der Waals surface area (Å²) < 4.78 is 6.29. The molecule has 3 heterocycles. The van der Waals surface area contributed by atoms with E-state index in [1.54, 1.807) is 17.0 Å². The van der Waals surface area contributed by atoms with Crippen LogP contribution >= 0.6 is 0 Å². The highest BCUT2D eigenvalue weighted by atomic mass is 16.5. The Labute approximate surface area is 192 Å². The number of benzene rings is 2. The summed E-state index contributed by atoms with van der Waals surface area (Å²) in [6, 6.07) is 15.1. The van der Waals surface area contributed by atoms with Crippen LogP contribution in [0.2, 0.25) is 0 Å². The Balaban J connectivity index is 1.26. The lowest BCUT2D eigenvalue weighted by molar-refractivity contribution is -0.136. The van der Waals surface area contributed by atoms with Crippen molar-refractivity contribution in [2.45, 2.75) is 50.5 Å². The van der Waals surface area contributed by atoms with E-state index in [2.05, 4.69) is 22.3 Å². The SMILES string of the molecule is N[C@H]1CCN(Cc2ccccc2)C[C@@H]1Oc1ccc2c(c1)CN(C1CCC(=O)NC1=O)C2=O. The summed E-state index contributed by atoms with van der Waals surface area (Å²) in [5, 5.41) is 2.33. The largest absolute Gasteiger partial charge is 0.487 e. The fourth-order valence-electron chi connectivity index (χ4n) is 4.91. The van der Waals surface area contributed by atoms with Crippen molar-refractivity contribution < 1.29 is 19.1 Å². The summed E-state index contributed by atoms with van der Waals surface area (Å²) in [5.74, 6) is -0.208. The molecule has 2 aromatic carbocycles. The van der Waals surface area contributed by atoms with Crippen molar-refractivity contribution in [3.8, 4) is 5.75 Å². The molecular weight excluding hydrogens is 420 g/mol. The standard InChI is InChI=1S/C25H28N4O4/c26-20-10-11-28(13-16-4-2-1-3-5-16)15-22(20)33-18-6-7-19-17(12-18)14-29(25(19)32)21-8-9-23(30)27-24(21)31/h1-7,12,20-22H,8-11,13-15,26H2,(H,27,30,31)/t20-,21?,22-/m0/s1. The third kappa shape index (κ3) is 4.49. The Morgan fingerprint density at radius 2 is 1.88 bits per heavy atom. The molecule has 0 aliphatic carbocycles. The predicted molar refractivity (Wildman–Crippen MR) is 121 cm³/mol. The van der Waals surface area contributed by atoms with Gasteiger partial charge < -0.3 is 15.4 Å². The van der Waals surface area contributed by atoms with Gasteiger partial charge in [-0.05, 0) is 42.2 Å². The fraction of sp³-hybridized carbons (Fsp3) is 0.400. The molecule has 8 heteroatoms. The summed E-state index contributed by atoms with van der Waals surface area (Å²) in [7, 11) is 0. The van der Waals surface area contributed by atoms with E-state index in [0.717, 1.165) is 31.6 Å². The van der Waals surface area contributed by atoms with Crippen molar-refractivity contribution >= 4 is 17.7 Å². The van der Waals surface area contributed by atoms with Crippen molar-refractivity contribution in [2.75, 3.05) is 13.1 Å². The quantitative estimate of drug-likeness (QED) is 0.671. The van der Waals surface area contributed by atoms with Crippen LogP contribution in [0.25, 0.3) is 0 Å². The molecule has 1 unspecified atom stereocenters. The minimum absolute atomic E-state index is 0.0631. The number of imide groups is 1. The maximum atomic E-state index is 12.9. The van der Waals surface area contributed by atoms with Crippen LogP contribution < -0.4 is 15.8 Å². The monoisotopic (exact) mass is 448 g/mol. The minimum atomic E-state index is -0.620. The molecule has 3 aliphatic heterocycles. The third-order valence-electron chi connectivity index (χ3n) is 6.73. The van der Waals surface area contributed by atoms with Crippen molar-refractivity contribution in [1.82, 2.24) is 15.1 Å². The predicted octanol–water partition coefficient (Wildman–Crippen LogP) is 1.43. The lowest BCUT2D eigenvalue weighted by atomic mass is 10.0. The second-order valence-corrected chi connectivity index (χ2v) is 9.05. The Bertz CT molecular complexity index is 1070. The number of piperidine rings is 2. The Morgan fingerprint density at radius 3 is 2.67 bits per heavy atom. The van der Waals surface area contributed by atoms with E-state index in [1.165, 1.54) is 5.56 Å². The highest BCUT2D eigenvalue weighted by Crippen LogP contribution is 2.31. The van der Waals surface area contributed by atoms with Gasteiger partial charge in [0.2, 0.25) is 11.8 Å². The molecule has 8 nitrogen and oxygen atoms in total. The van der Waals surface area contributed by atoms with Crippen LogP contribution in [-0.4, -0.2) is 58.8 Å². The second kappa shape index (κ2) is 8.96. The number of carbonyl (C=O) groups excluding carboxylic acids is 3. The number of nitrogens with zero attached hydrogens (tertiary/aromatic N) is 2. The molecular formula is C25H28N4O4. The first kappa shape index (κ1) is 21.6. The first-order valence-electron chi connectivity index (χ1n) is 11.4. The Morgan fingerprint density at radius 1 is 1.06 bits per heavy atom. The molecule has 5 rings (SSSR count). The molecule has 3 N–H and O–H groups in total. The summed E-state index contributed by atoms with van der Waals surface area (Å²) in [6.45, 7) is 2.84. The highest BCUT2D eigenvalue weighted by Gasteiger charge is 2.39. The lowest BCUT2D eigenvalue weighted by Crippen LogP contribution is -2.52. The van der Waals surface area contributed by atoms with Crippen molar-refractivity contribution in [2.24, 2.45) is 5.73 Å². The van der Waals surface area contributed by atoms with E-state index in [0.29, 0.717) is 24.3 Å². The smallest absolute Gasteiger partial charge is 0.255 e. The van der Waals surface area contributed by atoms with Gasteiger partial charge in [0.15, 0.2) is 0 Å². The Hall–Kier alpha value is -3.23. The topological polar surface area (TPSA) is 105 Å². The highest BCUT2D eigenvalue weighted by molar-refractivity contribution is 6.05. The number of likely N-dealkylation sites (tertiary alicyclic amines) is 1. The Kier molecular flexibility index (Phi) is 5.86. The number of hydrogen-bond acceptors (Lipinski definition) is 6. The first-order chi connectivity index (χ1) is 16.0. The van der Waals surface area contributed by atoms with E-state index >= 15 is 0 Å². The molecule has 3 atom stereocenters. The summed E-state index contributed by atoms with van der Waals surface area (Å²) in [5.41, 5.74) is 9.04. The van der Waals surface area contributed by atoms with Crippen LogP contribution in [0.5, 0.6) is 5.75 Å². The molecule has 0 radical (unpaired) electrons. The summed E-state index contributed by atoms with van der Waals surface area (Å²) in [4.78, 5) is 40.5. The van der Waals surface area contributed by atoms with Crippen LogP contribution in [0.4, 0.5) is 0 Å². The molecule has 172 valence electrons. The molecule has 0 bridgehead atoms. The van der Waals surface area contributed by atoms with E-state index in [1.807, 2.05) is 24.3 Å². The van der Waals surface area contributed by atoms with E-state index in [4.69, 9.17) is 10.5 Å². The van der Waals surface area contributed by atoms with E-state index < -0.39 is 11.9 Å². The molecule has 2 fully saturated rings. The number of fused-ring (bicyclic) bond motifs is 1. The number of nitrogens with two attached hydrogens (primary N) is 1. The van der Waals surface area contributed by atoms with Crippen LogP contribution in [0.15, 0.2) is 48.5 Å². The average molecular weight is 449 g/mol.